The van der Waals surface area contributed by atoms with E-state index in [-0.39, 0.29) is 17.5 Å². The Labute approximate surface area is 103 Å². The van der Waals surface area contributed by atoms with Crippen molar-refractivity contribution in [2.45, 2.75) is 12.7 Å². The molecule has 8 heteroatoms. The van der Waals surface area contributed by atoms with Gasteiger partial charge in [0.05, 0.1) is 5.56 Å². The fourth-order valence-electron chi connectivity index (χ4n) is 1.16. The number of aromatic nitrogens is 2. The molecule has 1 heterocycles. The zero-order valence-corrected chi connectivity index (χ0v) is 10.1. The summed E-state index contributed by atoms with van der Waals surface area (Å²) >= 11 is 5.88. The molecule has 0 aliphatic carbocycles. The number of amides is 1. The SMILES string of the molecule is COC(Cc1c(Cl)ncnc1OC(N)=O)OC. The second-order valence-corrected chi connectivity index (χ2v) is 3.33. The molecule has 0 atom stereocenters. The number of nitrogens with two attached hydrogens (primary N) is 1. The molecule has 2 N–H and O–H groups in total. The highest BCUT2D eigenvalue weighted by molar-refractivity contribution is 6.30. The summed E-state index contributed by atoms with van der Waals surface area (Å²) in [6.07, 6.45) is -0.130. The summed E-state index contributed by atoms with van der Waals surface area (Å²) in [4.78, 5) is 18.2. The molecule has 0 aliphatic heterocycles. The monoisotopic (exact) mass is 261 g/mol. The van der Waals surface area contributed by atoms with Crippen LogP contribution in [0.3, 0.4) is 0 Å². The van der Waals surface area contributed by atoms with E-state index in [9.17, 15) is 4.79 Å². The van der Waals surface area contributed by atoms with Crippen molar-refractivity contribution in [2.75, 3.05) is 14.2 Å². The molecular weight excluding hydrogens is 250 g/mol. The first kappa shape index (κ1) is 13.6. The van der Waals surface area contributed by atoms with Gasteiger partial charge < -0.3 is 19.9 Å². The highest BCUT2D eigenvalue weighted by Crippen LogP contribution is 2.24. The Kier molecular flexibility index (Phi) is 5.08. The maximum Gasteiger partial charge on any atom is 0.411 e. The second kappa shape index (κ2) is 6.33. The van der Waals surface area contributed by atoms with Crippen LogP contribution in [-0.2, 0) is 15.9 Å². The van der Waals surface area contributed by atoms with Crippen molar-refractivity contribution in [2.24, 2.45) is 5.73 Å². The summed E-state index contributed by atoms with van der Waals surface area (Å²) in [5.74, 6) is -0.00315. The highest BCUT2D eigenvalue weighted by Gasteiger charge is 2.18. The maximum atomic E-state index is 10.7. The zero-order valence-electron chi connectivity index (χ0n) is 9.34. The van der Waals surface area contributed by atoms with Gasteiger partial charge in [0, 0.05) is 20.6 Å². The van der Waals surface area contributed by atoms with Crippen LogP contribution < -0.4 is 10.5 Å². The van der Waals surface area contributed by atoms with Crippen LogP contribution >= 0.6 is 11.6 Å². The molecule has 7 nitrogen and oxygen atoms in total. The predicted octanol–water partition coefficient (Wildman–Crippen LogP) is 0.749. The number of carbonyl (C=O) groups is 1. The largest absolute Gasteiger partial charge is 0.411 e. The highest BCUT2D eigenvalue weighted by atomic mass is 35.5. The minimum absolute atomic E-state index is 0.00315. The third kappa shape index (κ3) is 3.81. The molecule has 0 saturated carbocycles. The number of primary amides is 1. The first-order valence-corrected chi connectivity index (χ1v) is 4.98. The lowest BCUT2D eigenvalue weighted by Crippen LogP contribution is -2.21. The number of rotatable bonds is 5. The molecule has 1 aromatic heterocycles. The van der Waals surface area contributed by atoms with Crippen LogP contribution in [0.15, 0.2) is 6.33 Å². The predicted molar refractivity (Wildman–Crippen MR) is 58.8 cm³/mol. The Hall–Kier alpha value is -1.44. The Bertz CT molecular complexity index is 398. The quantitative estimate of drug-likeness (QED) is 0.620. The summed E-state index contributed by atoms with van der Waals surface area (Å²) < 4.78 is 14.7. The van der Waals surface area contributed by atoms with E-state index in [1.54, 1.807) is 0 Å². The average Bonchev–Trinajstić information content (AvgIpc) is 2.28. The first-order chi connectivity index (χ1) is 8.08. The fourth-order valence-corrected chi connectivity index (χ4v) is 1.36. The number of methoxy groups -OCH3 is 2. The molecule has 0 radical (unpaired) electrons. The van der Waals surface area contributed by atoms with Gasteiger partial charge in [-0.05, 0) is 0 Å². The normalized spacial score (nSPS) is 10.6. The lowest BCUT2D eigenvalue weighted by molar-refractivity contribution is -0.100. The Morgan fingerprint density at radius 2 is 2.12 bits per heavy atom. The standard InChI is InChI=1S/C9H12ClN3O4/c1-15-6(16-2)3-5-7(10)12-4-13-8(5)17-9(11)14/h4,6H,3H2,1-2H3,(H2,11,14). The van der Waals surface area contributed by atoms with Crippen molar-refractivity contribution in [3.05, 3.63) is 17.0 Å². The van der Waals surface area contributed by atoms with E-state index in [1.165, 1.54) is 20.5 Å². The van der Waals surface area contributed by atoms with E-state index in [1.807, 2.05) is 0 Å². The lowest BCUT2D eigenvalue weighted by atomic mass is 10.2. The lowest BCUT2D eigenvalue weighted by Gasteiger charge is -2.15. The van der Waals surface area contributed by atoms with Gasteiger partial charge in [0.2, 0.25) is 5.88 Å². The van der Waals surface area contributed by atoms with Gasteiger partial charge >= 0.3 is 6.09 Å². The van der Waals surface area contributed by atoms with Gasteiger partial charge in [-0.3, -0.25) is 0 Å². The number of ether oxygens (including phenoxy) is 3. The topological polar surface area (TPSA) is 96.6 Å². The summed E-state index contributed by atoms with van der Waals surface area (Å²) in [5, 5.41) is 0.148. The number of hydrogen-bond acceptors (Lipinski definition) is 6. The van der Waals surface area contributed by atoms with Crippen LogP contribution in [0.5, 0.6) is 5.88 Å². The van der Waals surface area contributed by atoms with Crippen LogP contribution in [-0.4, -0.2) is 36.6 Å². The molecule has 17 heavy (non-hydrogen) atoms. The second-order valence-electron chi connectivity index (χ2n) is 2.97. The summed E-state index contributed by atoms with van der Waals surface area (Å²) in [7, 11) is 2.95. The van der Waals surface area contributed by atoms with E-state index in [0.29, 0.717) is 5.56 Å². The number of halogens is 1. The molecule has 1 rings (SSSR count). The van der Waals surface area contributed by atoms with Crippen LogP contribution in [0.4, 0.5) is 4.79 Å². The van der Waals surface area contributed by atoms with E-state index < -0.39 is 12.4 Å². The van der Waals surface area contributed by atoms with Crippen molar-refractivity contribution < 1.29 is 19.0 Å². The zero-order chi connectivity index (χ0) is 12.8. The van der Waals surface area contributed by atoms with Crippen LogP contribution in [0.1, 0.15) is 5.56 Å². The number of nitrogens with zero attached hydrogens (tertiary/aromatic N) is 2. The van der Waals surface area contributed by atoms with Crippen LogP contribution in [0, 0.1) is 0 Å². The molecule has 0 aromatic carbocycles. The molecule has 1 amide bonds. The molecule has 1 aromatic rings. The smallest absolute Gasteiger partial charge is 0.391 e. The molecular formula is C9H12ClN3O4. The van der Waals surface area contributed by atoms with E-state index >= 15 is 0 Å². The van der Waals surface area contributed by atoms with Gasteiger partial charge in [0.1, 0.15) is 11.5 Å². The van der Waals surface area contributed by atoms with Crippen molar-refractivity contribution in [3.63, 3.8) is 0 Å². The van der Waals surface area contributed by atoms with Gasteiger partial charge in [0.25, 0.3) is 0 Å². The van der Waals surface area contributed by atoms with Gasteiger partial charge in [-0.25, -0.2) is 14.8 Å². The minimum atomic E-state index is -0.979. The van der Waals surface area contributed by atoms with Gasteiger partial charge in [-0.15, -0.1) is 0 Å². The Morgan fingerprint density at radius 3 is 2.65 bits per heavy atom. The van der Waals surface area contributed by atoms with Crippen molar-refractivity contribution in [3.8, 4) is 5.88 Å². The average molecular weight is 262 g/mol. The summed E-state index contributed by atoms with van der Waals surface area (Å²) in [6, 6.07) is 0. The minimum Gasteiger partial charge on any atom is -0.391 e. The van der Waals surface area contributed by atoms with Gasteiger partial charge in [0.15, 0.2) is 6.29 Å². The molecule has 0 aliphatic rings. The fraction of sp³-hybridized carbons (Fsp3) is 0.444. The maximum absolute atomic E-state index is 10.7. The molecule has 0 spiro atoms. The van der Waals surface area contributed by atoms with Crippen molar-refractivity contribution >= 4 is 17.7 Å². The third-order valence-electron chi connectivity index (χ3n) is 1.95. The summed E-state index contributed by atoms with van der Waals surface area (Å²) in [5.41, 5.74) is 5.30. The molecule has 0 bridgehead atoms. The van der Waals surface area contributed by atoms with E-state index in [0.717, 1.165) is 0 Å². The molecule has 0 unspecified atom stereocenters. The Balaban J connectivity index is 2.98. The van der Waals surface area contributed by atoms with Gasteiger partial charge in [-0.1, -0.05) is 11.6 Å². The van der Waals surface area contributed by atoms with Crippen LogP contribution in [0.2, 0.25) is 5.15 Å². The molecule has 94 valence electrons. The van der Waals surface area contributed by atoms with Crippen molar-refractivity contribution in [1.82, 2.24) is 9.97 Å². The first-order valence-electron chi connectivity index (χ1n) is 4.60. The Morgan fingerprint density at radius 1 is 1.47 bits per heavy atom. The molecule has 0 fully saturated rings. The van der Waals surface area contributed by atoms with E-state index in [4.69, 9.17) is 31.5 Å². The van der Waals surface area contributed by atoms with Gasteiger partial charge in [-0.2, -0.15) is 0 Å². The number of carbonyl (C=O) groups excluding carboxylic acids is 1. The molecule has 0 saturated heterocycles. The number of hydrogen-bond donors (Lipinski definition) is 1. The van der Waals surface area contributed by atoms with Crippen LogP contribution in [0.25, 0.3) is 0 Å². The third-order valence-corrected chi connectivity index (χ3v) is 2.27. The summed E-state index contributed by atoms with van der Waals surface area (Å²) in [6.45, 7) is 0. The van der Waals surface area contributed by atoms with Crippen molar-refractivity contribution in [1.29, 1.82) is 0 Å². The van der Waals surface area contributed by atoms with E-state index in [2.05, 4.69) is 9.97 Å².